The summed E-state index contributed by atoms with van der Waals surface area (Å²) in [7, 11) is 0. The third-order valence-electron chi connectivity index (χ3n) is 5.88. The Morgan fingerprint density at radius 2 is 1.75 bits per heavy atom. The molecular weight excluding hydrogens is 424 g/mol. The molecule has 5 nitrogen and oxygen atoms in total. The van der Waals surface area contributed by atoms with Crippen molar-refractivity contribution in [3.8, 4) is 5.75 Å². The number of nitrogens with one attached hydrogen (secondary N) is 1. The highest BCUT2D eigenvalue weighted by Gasteiger charge is 2.27. The Kier molecular flexibility index (Phi) is 4.98. The van der Waals surface area contributed by atoms with Crippen LogP contribution < -0.4 is 10.9 Å². The van der Waals surface area contributed by atoms with Crippen LogP contribution >= 0.6 is 11.6 Å². The van der Waals surface area contributed by atoms with Gasteiger partial charge in [0.1, 0.15) is 16.9 Å². The molecule has 0 spiro atoms. The highest BCUT2D eigenvalue weighted by molar-refractivity contribution is 6.30. The predicted molar refractivity (Wildman–Crippen MR) is 129 cm³/mol. The zero-order chi connectivity index (χ0) is 22.4. The van der Waals surface area contributed by atoms with Crippen LogP contribution in [-0.4, -0.2) is 10.8 Å². The fraction of sp³-hybridized carbons (Fsp3) is 0.154. The summed E-state index contributed by atoms with van der Waals surface area (Å²) in [6, 6.07) is 18.8. The molecule has 0 fully saturated rings. The highest BCUT2D eigenvalue weighted by Crippen LogP contribution is 2.38. The molecule has 1 aromatic heterocycles. The first kappa shape index (κ1) is 20.3. The van der Waals surface area contributed by atoms with Gasteiger partial charge in [-0.1, -0.05) is 48.0 Å². The third-order valence-corrected chi connectivity index (χ3v) is 6.13. The molecule has 1 unspecified atom stereocenters. The van der Waals surface area contributed by atoms with E-state index in [9.17, 15) is 9.90 Å². The normalized spacial score (nSPS) is 15.6. The Morgan fingerprint density at radius 1 is 1.03 bits per heavy atom. The predicted octanol–water partition coefficient (Wildman–Crippen LogP) is 6.45. The van der Waals surface area contributed by atoms with Crippen LogP contribution in [0.3, 0.4) is 0 Å². The second-order valence-corrected chi connectivity index (χ2v) is 8.48. The number of aromatic hydroxyl groups is 1. The number of nitrogens with zero attached hydrogens (tertiary/aromatic N) is 1. The number of fused-ring (bicyclic) bond motifs is 2. The van der Waals surface area contributed by atoms with Gasteiger partial charge in [-0.2, -0.15) is 0 Å². The SMILES string of the molecule is Cc1ccc(C)c2c(O)c(C3=Nc4ccccc4NC(c4ccc(Cl)cc4)C3)c(=O)oc12. The lowest BCUT2D eigenvalue weighted by Gasteiger charge is -2.19. The van der Waals surface area contributed by atoms with Crippen LogP contribution in [0.4, 0.5) is 11.4 Å². The van der Waals surface area contributed by atoms with Gasteiger partial charge in [0.15, 0.2) is 0 Å². The maximum Gasteiger partial charge on any atom is 0.349 e. The first-order chi connectivity index (χ1) is 15.4. The summed E-state index contributed by atoms with van der Waals surface area (Å²) in [5.41, 5.74) is 4.53. The van der Waals surface area contributed by atoms with E-state index in [1.54, 1.807) is 0 Å². The molecule has 1 atom stereocenters. The van der Waals surface area contributed by atoms with Gasteiger partial charge < -0.3 is 14.8 Å². The van der Waals surface area contributed by atoms with Crippen molar-refractivity contribution in [3.63, 3.8) is 0 Å². The molecule has 0 aliphatic carbocycles. The minimum absolute atomic E-state index is 0.0922. The maximum atomic E-state index is 13.1. The van der Waals surface area contributed by atoms with E-state index in [0.717, 1.165) is 22.4 Å². The van der Waals surface area contributed by atoms with Crippen molar-refractivity contribution in [2.75, 3.05) is 5.32 Å². The van der Waals surface area contributed by atoms with Crippen LogP contribution in [0.15, 0.2) is 74.9 Å². The molecule has 5 rings (SSSR count). The Balaban J connectivity index is 1.74. The van der Waals surface area contributed by atoms with Crippen molar-refractivity contribution in [3.05, 3.63) is 98.4 Å². The molecule has 0 amide bonds. The van der Waals surface area contributed by atoms with E-state index in [-0.39, 0.29) is 17.4 Å². The number of aryl methyl sites for hydroxylation is 2. The third kappa shape index (κ3) is 3.45. The lowest BCUT2D eigenvalue weighted by atomic mass is 9.96. The van der Waals surface area contributed by atoms with Crippen LogP contribution in [0, 0.1) is 13.8 Å². The van der Waals surface area contributed by atoms with E-state index in [4.69, 9.17) is 21.0 Å². The number of para-hydroxylation sites is 2. The van der Waals surface area contributed by atoms with Crippen molar-refractivity contribution in [1.29, 1.82) is 0 Å². The average molecular weight is 445 g/mol. The van der Waals surface area contributed by atoms with Gasteiger partial charge >= 0.3 is 5.63 Å². The molecule has 2 N–H and O–H groups in total. The minimum Gasteiger partial charge on any atom is -0.506 e. The van der Waals surface area contributed by atoms with E-state index in [1.165, 1.54) is 0 Å². The lowest BCUT2D eigenvalue weighted by molar-refractivity contribution is 0.465. The Labute approximate surface area is 190 Å². The summed E-state index contributed by atoms with van der Waals surface area (Å²) in [4.78, 5) is 17.9. The zero-order valence-corrected chi connectivity index (χ0v) is 18.4. The molecule has 3 aromatic carbocycles. The number of halogens is 1. The highest BCUT2D eigenvalue weighted by atomic mass is 35.5. The smallest absolute Gasteiger partial charge is 0.349 e. The van der Waals surface area contributed by atoms with Gasteiger partial charge in [-0.3, -0.25) is 4.99 Å². The number of anilines is 1. The van der Waals surface area contributed by atoms with E-state index >= 15 is 0 Å². The Hall–Kier alpha value is -3.57. The summed E-state index contributed by atoms with van der Waals surface area (Å²) in [5, 5.41) is 15.9. The van der Waals surface area contributed by atoms with Gasteiger partial charge in [0.25, 0.3) is 0 Å². The molecule has 160 valence electrons. The molecule has 0 radical (unpaired) electrons. The summed E-state index contributed by atoms with van der Waals surface area (Å²) in [6.07, 6.45) is 0.380. The lowest BCUT2D eigenvalue weighted by Crippen LogP contribution is -2.20. The molecule has 0 saturated heterocycles. The first-order valence-corrected chi connectivity index (χ1v) is 10.7. The fourth-order valence-corrected chi connectivity index (χ4v) is 4.33. The molecule has 32 heavy (non-hydrogen) atoms. The number of hydrogen-bond donors (Lipinski definition) is 2. The van der Waals surface area contributed by atoms with E-state index in [0.29, 0.717) is 33.8 Å². The van der Waals surface area contributed by atoms with Gasteiger partial charge in [-0.25, -0.2) is 4.79 Å². The van der Waals surface area contributed by atoms with Gasteiger partial charge in [0.05, 0.1) is 28.5 Å². The van der Waals surface area contributed by atoms with Crippen LogP contribution in [0.25, 0.3) is 11.0 Å². The molecule has 6 heteroatoms. The second kappa shape index (κ2) is 7.84. The summed E-state index contributed by atoms with van der Waals surface area (Å²) in [5.74, 6) is -0.0922. The van der Waals surface area contributed by atoms with E-state index < -0.39 is 5.63 Å². The number of aliphatic imine (C=N–C) groups is 1. The van der Waals surface area contributed by atoms with E-state index in [2.05, 4.69) is 5.32 Å². The van der Waals surface area contributed by atoms with Crippen molar-refractivity contribution >= 4 is 39.7 Å². The van der Waals surface area contributed by atoms with Gasteiger partial charge in [0.2, 0.25) is 0 Å². The van der Waals surface area contributed by atoms with Crippen molar-refractivity contribution in [1.82, 2.24) is 0 Å². The van der Waals surface area contributed by atoms with Crippen LogP contribution in [-0.2, 0) is 0 Å². The van der Waals surface area contributed by atoms with Crippen molar-refractivity contribution in [2.45, 2.75) is 26.3 Å². The fourth-order valence-electron chi connectivity index (χ4n) is 4.20. The Morgan fingerprint density at radius 3 is 2.53 bits per heavy atom. The van der Waals surface area contributed by atoms with Crippen molar-refractivity contribution in [2.24, 2.45) is 4.99 Å². The standard InChI is InChI=1S/C26H21ClN2O3/c1-14-7-8-15(2)25-22(14)24(30)23(26(31)32-25)21-13-20(16-9-11-17(27)12-10-16)28-18-5-3-4-6-19(18)29-21/h3-12,20,28,30H,13H2,1-2H3. The topological polar surface area (TPSA) is 74.8 Å². The molecule has 1 aliphatic rings. The number of rotatable bonds is 2. The molecule has 0 saturated carbocycles. The zero-order valence-electron chi connectivity index (χ0n) is 17.6. The molecule has 0 bridgehead atoms. The van der Waals surface area contributed by atoms with Crippen LogP contribution in [0.1, 0.15) is 34.7 Å². The monoisotopic (exact) mass is 444 g/mol. The quantitative estimate of drug-likeness (QED) is 0.348. The Bertz CT molecular complexity index is 1440. The van der Waals surface area contributed by atoms with Gasteiger partial charge in [0, 0.05) is 11.4 Å². The van der Waals surface area contributed by atoms with Gasteiger partial charge in [-0.05, 0) is 54.8 Å². The molecular formula is C26H21ClN2O3. The summed E-state index contributed by atoms with van der Waals surface area (Å²) < 4.78 is 5.69. The summed E-state index contributed by atoms with van der Waals surface area (Å²) in [6.45, 7) is 3.73. The maximum absolute atomic E-state index is 13.1. The molecule has 1 aliphatic heterocycles. The summed E-state index contributed by atoms with van der Waals surface area (Å²) >= 11 is 6.08. The number of benzene rings is 3. The average Bonchev–Trinajstić information content (AvgIpc) is 2.96. The first-order valence-electron chi connectivity index (χ1n) is 10.4. The van der Waals surface area contributed by atoms with Crippen LogP contribution in [0.5, 0.6) is 5.75 Å². The molecule has 2 heterocycles. The number of hydrogen-bond acceptors (Lipinski definition) is 5. The second-order valence-electron chi connectivity index (χ2n) is 8.04. The largest absolute Gasteiger partial charge is 0.506 e. The molecule has 4 aromatic rings. The minimum atomic E-state index is -0.600. The van der Waals surface area contributed by atoms with Crippen molar-refractivity contribution < 1.29 is 9.52 Å². The van der Waals surface area contributed by atoms with E-state index in [1.807, 2.05) is 74.5 Å². The van der Waals surface area contributed by atoms with Gasteiger partial charge in [-0.15, -0.1) is 0 Å². The van der Waals surface area contributed by atoms with Crippen LogP contribution in [0.2, 0.25) is 5.02 Å².